The molecule has 0 aliphatic heterocycles. The van der Waals surface area contributed by atoms with Gasteiger partial charge in [-0.3, -0.25) is 0 Å². The lowest BCUT2D eigenvalue weighted by Crippen LogP contribution is -2.11. The Morgan fingerprint density at radius 2 is 2.04 bits per heavy atom. The molecule has 1 N–H and O–H groups in total. The monoisotopic (exact) mass is 392 g/mol. The summed E-state index contributed by atoms with van der Waals surface area (Å²) in [6, 6.07) is 3.87. The molecule has 144 valence electrons. The van der Waals surface area contributed by atoms with Gasteiger partial charge in [-0.05, 0) is 61.3 Å². The first-order chi connectivity index (χ1) is 13.7. The molecular weight excluding hydrogens is 368 g/mol. The highest BCUT2D eigenvalue weighted by Crippen LogP contribution is 2.41. The summed E-state index contributed by atoms with van der Waals surface area (Å²) in [7, 11) is 0. The molecule has 4 aromatic rings. The molecule has 5 nitrogen and oxygen atoms in total. The number of furan rings is 1. The molecule has 0 unspecified atom stereocenters. The van der Waals surface area contributed by atoms with Crippen LogP contribution in [0.25, 0.3) is 20.4 Å². The summed E-state index contributed by atoms with van der Waals surface area (Å²) in [5.41, 5.74) is 5.30. The summed E-state index contributed by atoms with van der Waals surface area (Å²) in [6.07, 6.45) is 9.19. The van der Waals surface area contributed by atoms with Crippen LogP contribution in [0.4, 0.5) is 5.82 Å². The van der Waals surface area contributed by atoms with Gasteiger partial charge in [0.2, 0.25) is 0 Å². The second-order valence-electron chi connectivity index (χ2n) is 7.94. The Hall–Kier alpha value is -2.47. The Bertz CT molecular complexity index is 1130. The molecule has 4 aromatic heterocycles. The summed E-state index contributed by atoms with van der Waals surface area (Å²) in [4.78, 5) is 15.4. The second kappa shape index (κ2) is 7.17. The van der Waals surface area contributed by atoms with E-state index in [0.717, 1.165) is 45.9 Å². The summed E-state index contributed by atoms with van der Waals surface area (Å²) < 4.78 is 6.53. The maximum absolute atomic E-state index is 5.44. The molecule has 0 amide bonds. The molecule has 0 bridgehead atoms. The van der Waals surface area contributed by atoms with Gasteiger partial charge >= 0.3 is 0 Å². The summed E-state index contributed by atoms with van der Waals surface area (Å²) in [5, 5.41) is 4.67. The van der Waals surface area contributed by atoms with Gasteiger partial charge in [-0.15, -0.1) is 11.3 Å². The molecule has 0 radical (unpaired) electrons. The van der Waals surface area contributed by atoms with Crippen LogP contribution < -0.4 is 5.32 Å². The van der Waals surface area contributed by atoms with Crippen LogP contribution in [-0.4, -0.2) is 15.0 Å². The van der Waals surface area contributed by atoms with E-state index in [9.17, 15) is 0 Å². The van der Waals surface area contributed by atoms with E-state index in [2.05, 4.69) is 29.1 Å². The molecule has 0 spiro atoms. The van der Waals surface area contributed by atoms with Crippen molar-refractivity contribution in [1.29, 1.82) is 0 Å². The third-order valence-corrected chi connectivity index (χ3v) is 6.50. The maximum Gasteiger partial charge on any atom is 0.147 e. The topological polar surface area (TPSA) is 63.8 Å². The molecule has 4 heterocycles. The van der Waals surface area contributed by atoms with Crippen LogP contribution in [0, 0.1) is 5.92 Å². The van der Waals surface area contributed by atoms with Crippen LogP contribution in [0.5, 0.6) is 0 Å². The van der Waals surface area contributed by atoms with Crippen LogP contribution >= 0.6 is 11.3 Å². The van der Waals surface area contributed by atoms with E-state index in [0.29, 0.717) is 12.5 Å². The smallest absolute Gasteiger partial charge is 0.147 e. The number of aromatic nitrogens is 3. The number of fused-ring (bicyclic) bond motifs is 5. The lowest BCUT2D eigenvalue weighted by atomic mass is 9.87. The average Bonchev–Trinajstić information content (AvgIpc) is 3.33. The largest absolute Gasteiger partial charge is 0.467 e. The minimum absolute atomic E-state index is 0.607. The molecule has 28 heavy (non-hydrogen) atoms. The van der Waals surface area contributed by atoms with Gasteiger partial charge in [0, 0.05) is 11.1 Å². The molecule has 0 saturated heterocycles. The first kappa shape index (κ1) is 17.6. The van der Waals surface area contributed by atoms with Crippen molar-refractivity contribution < 1.29 is 4.42 Å². The highest BCUT2D eigenvalue weighted by molar-refractivity contribution is 7.26. The van der Waals surface area contributed by atoms with Crippen molar-refractivity contribution in [3.05, 3.63) is 47.3 Å². The number of anilines is 1. The summed E-state index contributed by atoms with van der Waals surface area (Å²) in [5.74, 6) is 2.36. The van der Waals surface area contributed by atoms with E-state index in [1.807, 2.05) is 12.1 Å². The highest BCUT2D eigenvalue weighted by atomic mass is 32.1. The zero-order chi connectivity index (χ0) is 19.1. The summed E-state index contributed by atoms with van der Waals surface area (Å²) in [6.45, 7) is 5.15. The van der Waals surface area contributed by atoms with E-state index < -0.39 is 0 Å². The van der Waals surface area contributed by atoms with Gasteiger partial charge in [0.05, 0.1) is 23.0 Å². The molecule has 5 rings (SSSR count). The number of hydrogen-bond acceptors (Lipinski definition) is 6. The molecule has 1 aliphatic carbocycles. The van der Waals surface area contributed by atoms with Crippen molar-refractivity contribution in [1.82, 2.24) is 15.0 Å². The number of aryl methyl sites for hydroxylation is 1. The molecule has 0 fully saturated rings. The van der Waals surface area contributed by atoms with Gasteiger partial charge in [-0.2, -0.15) is 0 Å². The quantitative estimate of drug-likeness (QED) is 0.484. The third-order valence-electron chi connectivity index (χ3n) is 5.42. The summed E-state index contributed by atoms with van der Waals surface area (Å²) >= 11 is 1.71. The Morgan fingerprint density at radius 3 is 2.82 bits per heavy atom. The number of pyridine rings is 1. The molecule has 1 aliphatic rings. The Kier molecular flexibility index (Phi) is 4.51. The van der Waals surface area contributed by atoms with Crippen molar-refractivity contribution in [3.8, 4) is 0 Å². The van der Waals surface area contributed by atoms with Gasteiger partial charge < -0.3 is 9.73 Å². The first-order valence-corrected chi connectivity index (χ1v) is 10.9. The number of nitrogens with zero attached hydrogens (tertiary/aromatic N) is 3. The first-order valence-electron chi connectivity index (χ1n) is 10.0. The van der Waals surface area contributed by atoms with Crippen LogP contribution in [-0.2, 0) is 25.8 Å². The lowest BCUT2D eigenvalue weighted by molar-refractivity contribution is 0.518. The number of hydrogen-bond donors (Lipinski definition) is 1. The van der Waals surface area contributed by atoms with E-state index in [1.165, 1.54) is 35.0 Å². The van der Waals surface area contributed by atoms with Gasteiger partial charge in [-0.1, -0.05) is 13.8 Å². The zero-order valence-corrected chi connectivity index (χ0v) is 17.1. The number of nitrogens with one attached hydrogen (secondary N) is 1. The van der Waals surface area contributed by atoms with Gasteiger partial charge in [0.25, 0.3) is 0 Å². The Morgan fingerprint density at radius 1 is 1.18 bits per heavy atom. The fourth-order valence-electron chi connectivity index (χ4n) is 4.20. The van der Waals surface area contributed by atoms with E-state index in [-0.39, 0.29) is 0 Å². The van der Waals surface area contributed by atoms with Crippen molar-refractivity contribution in [2.75, 3.05) is 5.32 Å². The normalized spacial score (nSPS) is 14.1. The molecule has 0 aromatic carbocycles. The molecular formula is C22H24N4OS. The predicted molar refractivity (Wildman–Crippen MR) is 114 cm³/mol. The Labute approximate surface area is 168 Å². The predicted octanol–water partition coefficient (Wildman–Crippen LogP) is 5.52. The minimum atomic E-state index is 0.607. The van der Waals surface area contributed by atoms with Crippen molar-refractivity contribution in [2.45, 2.75) is 52.5 Å². The molecule has 0 saturated carbocycles. The van der Waals surface area contributed by atoms with E-state index >= 15 is 0 Å². The second-order valence-corrected chi connectivity index (χ2v) is 8.93. The highest BCUT2D eigenvalue weighted by Gasteiger charge is 2.23. The van der Waals surface area contributed by atoms with E-state index in [1.54, 1.807) is 23.9 Å². The number of rotatable bonds is 5. The number of thiophene rings is 1. The fourth-order valence-corrected chi connectivity index (χ4v) is 5.35. The zero-order valence-electron chi connectivity index (χ0n) is 16.3. The van der Waals surface area contributed by atoms with Crippen LogP contribution in [0.2, 0.25) is 0 Å². The molecule has 6 heteroatoms. The minimum Gasteiger partial charge on any atom is -0.467 e. The van der Waals surface area contributed by atoms with Crippen molar-refractivity contribution in [3.63, 3.8) is 0 Å². The van der Waals surface area contributed by atoms with Crippen molar-refractivity contribution in [2.24, 2.45) is 5.92 Å². The SMILES string of the molecule is CC(C)Cc1nc2sc3c(NCc4ccco4)ncnc3c2c2c1CCCC2. The van der Waals surface area contributed by atoms with Crippen LogP contribution in [0.15, 0.2) is 29.1 Å². The standard InChI is InChI=1S/C22H24N4OS/c1-13(2)10-17-15-7-3-4-8-16(15)18-19-20(28-22(18)26-17)21(25-12-24-19)23-11-14-6-5-9-27-14/h5-6,9,12-13H,3-4,7-8,10-11H2,1-2H3,(H,23,24,25). The third kappa shape index (κ3) is 3.05. The molecule has 0 atom stereocenters. The fraction of sp³-hybridized carbons (Fsp3) is 0.409. The average molecular weight is 393 g/mol. The van der Waals surface area contributed by atoms with Gasteiger partial charge in [0.1, 0.15) is 22.7 Å². The maximum atomic E-state index is 5.44. The van der Waals surface area contributed by atoms with E-state index in [4.69, 9.17) is 9.40 Å². The van der Waals surface area contributed by atoms with Gasteiger partial charge in [-0.25, -0.2) is 15.0 Å². The van der Waals surface area contributed by atoms with Crippen molar-refractivity contribution >= 4 is 37.6 Å². The lowest BCUT2D eigenvalue weighted by Gasteiger charge is -2.20. The van der Waals surface area contributed by atoms with Crippen LogP contribution in [0.3, 0.4) is 0 Å². The van der Waals surface area contributed by atoms with Crippen LogP contribution in [0.1, 0.15) is 49.3 Å². The Balaban J connectivity index is 1.66. The van der Waals surface area contributed by atoms with Gasteiger partial charge in [0.15, 0.2) is 0 Å².